The lowest BCUT2D eigenvalue weighted by atomic mass is 9.64. The summed E-state index contributed by atoms with van der Waals surface area (Å²) in [6.07, 6.45) is 3.01. The fourth-order valence-electron chi connectivity index (χ4n) is 3.71. The van der Waals surface area contributed by atoms with Gasteiger partial charge >= 0.3 is 5.97 Å². The normalized spacial score (nSPS) is 25.0. The Morgan fingerprint density at radius 1 is 1.17 bits per heavy atom. The summed E-state index contributed by atoms with van der Waals surface area (Å²) in [4.78, 5) is 23.6. The second-order valence-electron chi connectivity index (χ2n) is 7.33. The van der Waals surface area contributed by atoms with Crippen LogP contribution in [0.1, 0.15) is 58.9 Å². The topological polar surface area (TPSA) is 43.4 Å². The highest BCUT2D eigenvalue weighted by atomic mass is 16.5. The molecule has 0 saturated heterocycles. The molecule has 0 radical (unpaired) electrons. The molecule has 1 fully saturated rings. The van der Waals surface area contributed by atoms with Gasteiger partial charge in [0.05, 0.1) is 0 Å². The van der Waals surface area contributed by atoms with Crippen LogP contribution in [0.3, 0.4) is 0 Å². The Morgan fingerprint density at radius 2 is 1.83 bits per heavy atom. The van der Waals surface area contributed by atoms with Crippen LogP contribution in [0.25, 0.3) is 0 Å². The van der Waals surface area contributed by atoms with Gasteiger partial charge < -0.3 is 4.74 Å². The first-order valence-corrected chi connectivity index (χ1v) is 8.65. The molecule has 0 N–H and O–H groups in total. The van der Waals surface area contributed by atoms with E-state index >= 15 is 0 Å². The molecule has 1 aliphatic rings. The average molecular weight is 316 g/mol. The zero-order valence-electron chi connectivity index (χ0n) is 14.7. The fourth-order valence-corrected chi connectivity index (χ4v) is 3.71. The molecule has 0 heterocycles. The first-order chi connectivity index (χ1) is 10.9. The molecule has 0 amide bonds. The van der Waals surface area contributed by atoms with Crippen LogP contribution in [0.15, 0.2) is 30.3 Å². The van der Waals surface area contributed by atoms with Gasteiger partial charge in [0.15, 0.2) is 0 Å². The Kier molecular flexibility index (Phi) is 5.61. The maximum atomic E-state index is 12.0. The summed E-state index contributed by atoms with van der Waals surface area (Å²) >= 11 is 0. The standard InChI is InChI=1S/C20H28O3/c1-5-17(21)19(22)23-18-13-14(2)11-12-16(18)20(3,4)15-9-7-6-8-10-15/h6-10,14,16,18H,5,11-13H2,1-4H3. The van der Waals surface area contributed by atoms with Crippen molar-refractivity contribution >= 4 is 11.8 Å². The number of ether oxygens (including phenoxy) is 1. The lowest BCUT2D eigenvalue weighted by molar-refractivity contribution is -0.163. The number of carbonyl (C=O) groups excluding carboxylic acids is 2. The molecule has 3 heteroatoms. The van der Waals surface area contributed by atoms with E-state index in [0.717, 1.165) is 19.3 Å². The van der Waals surface area contributed by atoms with Crippen molar-refractivity contribution in [3.63, 3.8) is 0 Å². The first kappa shape index (κ1) is 17.7. The summed E-state index contributed by atoms with van der Waals surface area (Å²) in [5.74, 6) is -0.345. The average Bonchev–Trinajstić information content (AvgIpc) is 2.54. The van der Waals surface area contributed by atoms with Gasteiger partial charge in [0.25, 0.3) is 0 Å². The Morgan fingerprint density at radius 3 is 2.43 bits per heavy atom. The summed E-state index contributed by atoms with van der Waals surface area (Å²) < 4.78 is 5.65. The molecular formula is C20H28O3. The van der Waals surface area contributed by atoms with Gasteiger partial charge in [-0.2, -0.15) is 0 Å². The lowest BCUT2D eigenvalue weighted by Gasteiger charge is -2.43. The van der Waals surface area contributed by atoms with E-state index in [-0.39, 0.29) is 23.9 Å². The Labute approximate surface area is 139 Å². The van der Waals surface area contributed by atoms with Gasteiger partial charge in [0.2, 0.25) is 5.78 Å². The van der Waals surface area contributed by atoms with E-state index in [1.54, 1.807) is 6.92 Å². The molecule has 1 aromatic carbocycles. The van der Waals surface area contributed by atoms with E-state index in [9.17, 15) is 9.59 Å². The van der Waals surface area contributed by atoms with Crippen LogP contribution >= 0.6 is 0 Å². The Hall–Kier alpha value is -1.64. The van der Waals surface area contributed by atoms with Gasteiger partial charge in [-0.1, -0.05) is 64.4 Å². The maximum Gasteiger partial charge on any atom is 0.374 e. The summed E-state index contributed by atoms with van der Waals surface area (Å²) in [5.41, 5.74) is 1.16. The van der Waals surface area contributed by atoms with Crippen LogP contribution in [0, 0.1) is 11.8 Å². The van der Waals surface area contributed by atoms with Crippen LogP contribution in [0.4, 0.5) is 0 Å². The second-order valence-corrected chi connectivity index (χ2v) is 7.33. The van der Waals surface area contributed by atoms with Gasteiger partial charge in [-0.05, 0) is 29.7 Å². The van der Waals surface area contributed by atoms with Crippen LogP contribution in [-0.2, 0) is 19.7 Å². The van der Waals surface area contributed by atoms with E-state index in [1.807, 2.05) is 18.2 Å². The first-order valence-electron chi connectivity index (χ1n) is 8.65. The van der Waals surface area contributed by atoms with Gasteiger partial charge in [-0.3, -0.25) is 4.79 Å². The van der Waals surface area contributed by atoms with Crippen LogP contribution < -0.4 is 0 Å². The highest BCUT2D eigenvalue weighted by Crippen LogP contribution is 2.43. The molecule has 126 valence electrons. The highest BCUT2D eigenvalue weighted by Gasteiger charge is 2.42. The predicted molar refractivity (Wildman–Crippen MR) is 91.2 cm³/mol. The molecule has 2 rings (SSSR count). The minimum atomic E-state index is -0.666. The number of hydrogen-bond donors (Lipinski definition) is 0. The van der Waals surface area contributed by atoms with Crippen LogP contribution in [0.2, 0.25) is 0 Å². The summed E-state index contributed by atoms with van der Waals surface area (Å²) in [6, 6.07) is 10.4. The third kappa shape index (κ3) is 4.01. The molecular weight excluding hydrogens is 288 g/mol. The number of carbonyl (C=O) groups is 2. The molecule has 1 saturated carbocycles. The van der Waals surface area contributed by atoms with E-state index < -0.39 is 11.8 Å². The zero-order chi connectivity index (χ0) is 17.0. The number of benzene rings is 1. The summed E-state index contributed by atoms with van der Waals surface area (Å²) in [5, 5.41) is 0. The molecule has 0 aliphatic heterocycles. The van der Waals surface area contributed by atoms with E-state index in [2.05, 4.69) is 32.9 Å². The van der Waals surface area contributed by atoms with Crippen LogP contribution in [0.5, 0.6) is 0 Å². The predicted octanol–water partition coefficient (Wildman–Crippen LogP) is 4.29. The molecule has 23 heavy (non-hydrogen) atoms. The number of esters is 1. The Balaban J connectivity index is 2.23. The third-order valence-electron chi connectivity index (χ3n) is 5.31. The summed E-state index contributed by atoms with van der Waals surface area (Å²) in [6.45, 7) is 8.31. The van der Waals surface area contributed by atoms with Gasteiger partial charge in [-0.25, -0.2) is 4.79 Å². The molecule has 1 aliphatic carbocycles. The second kappa shape index (κ2) is 7.29. The summed E-state index contributed by atoms with van der Waals surface area (Å²) in [7, 11) is 0. The molecule has 0 aromatic heterocycles. The Bertz CT molecular complexity index is 547. The van der Waals surface area contributed by atoms with E-state index in [1.165, 1.54) is 5.56 Å². The molecule has 3 unspecified atom stereocenters. The molecule has 0 spiro atoms. The number of rotatable bonds is 5. The van der Waals surface area contributed by atoms with Gasteiger partial charge in [-0.15, -0.1) is 0 Å². The van der Waals surface area contributed by atoms with Crippen molar-refractivity contribution in [2.45, 2.75) is 64.9 Å². The molecule has 0 bridgehead atoms. The van der Waals surface area contributed by atoms with Gasteiger partial charge in [0, 0.05) is 12.3 Å². The SMILES string of the molecule is CCC(=O)C(=O)OC1CC(C)CCC1C(C)(C)c1ccccc1. The smallest absolute Gasteiger partial charge is 0.374 e. The van der Waals surface area contributed by atoms with Crippen molar-refractivity contribution < 1.29 is 14.3 Å². The lowest BCUT2D eigenvalue weighted by Crippen LogP contribution is -2.44. The van der Waals surface area contributed by atoms with Crippen molar-refractivity contribution in [1.29, 1.82) is 0 Å². The van der Waals surface area contributed by atoms with Crippen LogP contribution in [-0.4, -0.2) is 17.9 Å². The van der Waals surface area contributed by atoms with E-state index in [0.29, 0.717) is 5.92 Å². The fraction of sp³-hybridized carbons (Fsp3) is 0.600. The zero-order valence-corrected chi connectivity index (χ0v) is 14.7. The van der Waals surface area contributed by atoms with Crippen molar-refractivity contribution in [1.82, 2.24) is 0 Å². The van der Waals surface area contributed by atoms with E-state index in [4.69, 9.17) is 4.74 Å². The van der Waals surface area contributed by atoms with Crippen molar-refractivity contribution in [3.8, 4) is 0 Å². The minimum Gasteiger partial charge on any atom is -0.456 e. The monoisotopic (exact) mass is 316 g/mol. The third-order valence-corrected chi connectivity index (χ3v) is 5.31. The maximum absolute atomic E-state index is 12.0. The number of hydrogen-bond acceptors (Lipinski definition) is 3. The highest BCUT2D eigenvalue weighted by molar-refractivity contribution is 6.33. The quantitative estimate of drug-likeness (QED) is 0.601. The largest absolute Gasteiger partial charge is 0.456 e. The van der Waals surface area contributed by atoms with Crippen molar-refractivity contribution in [2.24, 2.45) is 11.8 Å². The molecule has 3 nitrogen and oxygen atoms in total. The molecule has 3 atom stereocenters. The number of Topliss-reactive ketones (excluding diaryl/α,β-unsaturated/α-hetero) is 1. The van der Waals surface area contributed by atoms with Crippen molar-refractivity contribution in [3.05, 3.63) is 35.9 Å². The molecule has 1 aromatic rings. The minimum absolute atomic E-state index is 0.0956. The van der Waals surface area contributed by atoms with Gasteiger partial charge in [0.1, 0.15) is 6.10 Å². The van der Waals surface area contributed by atoms with Crippen molar-refractivity contribution in [2.75, 3.05) is 0 Å². The number of ketones is 1.